The van der Waals surface area contributed by atoms with Crippen molar-refractivity contribution in [3.05, 3.63) is 66.5 Å². The van der Waals surface area contributed by atoms with Crippen LogP contribution in [0.3, 0.4) is 0 Å². The summed E-state index contributed by atoms with van der Waals surface area (Å²) in [6.45, 7) is 0. The number of aromatic amines is 1. The summed E-state index contributed by atoms with van der Waals surface area (Å²) in [7, 11) is 0. The van der Waals surface area contributed by atoms with Crippen LogP contribution in [0, 0.1) is 0 Å². The Hall–Kier alpha value is -2.69. The van der Waals surface area contributed by atoms with E-state index >= 15 is 0 Å². The van der Waals surface area contributed by atoms with Gasteiger partial charge in [-0.3, -0.25) is 0 Å². The summed E-state index contributed by atoms with van der Waals surface area (Å²) in [5, 5.41) is 10.9. The molecule has 0 aliphatic carbocycles. The minimum atomic E-state index is -4.47. The third-order valence-corrected chi connectivity index (χ3v) is 3.90. The number of aromatic nitrogens is 4. The fourth-order valence-corrected chi connectivity index (χ4v) is 2.76. The van der Waals surface area contributed by atoms with Crippen LogP contribution in [0.2, 0.25) is 0 Å². The second-order valence-corrected chi connectivity index (χ2v) is 5.58. The van der Waals surface area contributed by atoms with Gasteiger partial charge in [0.2, 0.25) is 5.95 Å². The molecule has 4 rings (SSSR count). The van der Waals surface area contributed by atoms with Crippen LogP contribution in [-0.2, 0) is 6.18 Å². The monoisotopic (exact) mass is 497 g/mol. The van der Waals surface area contributed by atoms with Crippen molar-refractivity contribution < 1.29 is 13.2 Å². The van der Waals surface area contributed by atoms with E-state index in [0.29, 0.717) is 11.8 Å². The van der Waals surface area contributed by atoms with Gasteiger partial charge in [-0.25, -0.2) is 10.1 Å². The standard InChI is InChI=1S/C18H12F3N5.CH3I/c19-18(20,21)14-8-4-3-7-13(14)15-9-11-5-1-2-6-12(11)16(24-15)25-17-22-10-23-26-17;1-2/h1-10H,(H2,22,23,24,25,26);1H3. The second-order valence-electron chi connectivity index (χ2n) is 5.58. The molecule has 0 radical (unpaired) electrons. The molecular formula is C19H15F3IN5. The van der Waals surface area contributed by atoms with E-state index in [1.54, 1.807) is 12.1 Å². The highest BCUT2D eigenvalue weighted by molar-refractivity contribution is 14.1. The van der Waals surface area contributed by atoms with Gasteiger partial charge in [0.05, 0.1) is 11.3 Å². The Bertz CT molecular complexity index is 1060. The average Bonchev–Trinajstić information content (AvgIpc) is 3.22. The summed E-state index contributed by atoms with van der Waals surface area (Å²) in [6, 6.07) is 14.3. The van der Waals surface area contributed by atoms with Crippen LogP contribution in [0.1, 0.15) is 5.56 Å². The Morgan fingerprint density at radius 1 is 1.00 bits per heavy atom. The summed E-state index contributed by atoms with van der Waals surface area (Å²) < 4.78 is 40.2. The van der Waals surface area contributed by atoms with E-state index in [-0.39, 0.29) is 11.3 Å². The summed E-state index contributed by atoms with van der Waals surface area (Å²) >= 11 is 2.15. The van der Waals surface area contributed by atoms with Crippen molar-refractivity contribution in [2.75, 3.05) is 10.2 Å². The van der Waals surface area contributed by atoms with E-state index in [0.717, 1.165) is 16.8 Å². The van der Waals surface area contributed by atoms with E-state index in [1.807, 2.05) is 29.2 Å². The molecule has 5 nitrogen and oxygen atoms in total. The van der Waals surface area contributed by atoms with Gasteiger partial charge in [0.1, 0.15) is 12.1 Å². The second kappa shape index (κ2) is 8.55. The van der Waals surface area contributed by atoms with Gasteiger partial charge in [0.25, 0.3) is 0 Å². The number of pyridine rings is 1. The summed E-state index contributed by atoms with van der Waals surface area (Å²) in [4.78, 5) is 10.4. The summed E-state index contributed by atoms with van der Waals surface area (Å²) in [5.41, 5.74) is -0.488. The molecule has 0 saturated carbocycles. The van der Waals surface area contributed by atoms with Crippen LogP contribution >= 0.6 is 22.6 Å². The van der Waals surface area contributed by atoms with Gasteiger partial charge in [-0.1, -0.05) is 65.1 Å². The Morgan fingerprint density at radius 2 is 1.71 bits per heavy atom. The summed E-state index contributed by atoms with van der Waals surface area (Å²) in [6.07, 6.45) is -3.14. The number of nitrogens with zero attached hydrogens (tertiary/aromatic N) is 3. The van der Waals surface area contributed by atoms with E-state index in [4.69, 9.17) is 0 Å². The number of anilines is 2. The summed E-state index contributed by atoms with van der Waals surface area (Å²) in [5.74, 6) is 0.746. The molecular weight excluding hydrogens is 482 g/mol. The molecule has 2 N–H and O–H groups in total. The Balaban J connectivity index is 0.00000109. The van der Waals surface area contributed by atoms with Crippen molar-refractivity contribution >= 4 is 45.1 Å². The van der Waals surface area contributed by atoms with Crippen molar-refractivity contribution in [2.45, 2.75) is 6.18 Å². The number of H-pyrrole nitrogens is 1. The minimum Gasteiger partial charge on any atom is -0.309 e. The molecule has 2 aromatic heterocycles. The number of fused-ring (bicyclic) bond motifs is 1. The van der Waals surface area contributed by atoms with Crippen LogP contribution in [-0.4, -0.2) is 25.1 Å². The highest BCUT2D eigenvalue weighted by atomic mass is 127. The average molecular weight is 497 g/mol. The highest BCUT2D eigenvalue weighted by Gasteiger charge is 2.33. The predicted octanol–water partition coefficient (Wildman–Crippen LogP) is 5.83. The molecule has 4 aromatic rings. The zero-order valence-corrected chi connectivity index (χ0v) is 16.8. The first-order valence-electron chi connectivity index (χ1n) is 8.09. The quantitative estimate of drug-likeness (QED) is 0.276. The Morgan fingerprint density at radius 3 is 2.43 bits per heavy atom. The lowest BCUT2D eigenvalue weighted by Gasteiger charge is -2.14. The lowest BCUT2D eigenvalue weighted by Crippen LogP contribution is -2.08. The molecule has 0 fully saturated rings. The zero-order chi connectivity index (χ0) is 20.1. The van der Waals surface area contributed by atoms with Crippen molar-refractivity contribution in [3.8, 4) is 11.3 Å². The van der Waals surface area contributed by atoms with Gasteiger partial charge in [0.15, 0.2) is 0 Å². The number of rotatable bonds is 3. The minimum absolute atomic E-state index is 0.0198. The number of nitrogens with one attached hydrogen (secondary N) is 2. The van der Waals surface area contributed by atoms with Gasteiger partial charge in [-0.2, -0.15) is 23.3 Å². The molecule has 0 spiro atoms. The molecule has 0 amide bonds. The lowest BCUT2D eigenvalue weighted by atomic mass is 10.0. The molecule has 0 aliphatic heterocycles. The molecule has 2 heterocycles. The van der Waals surface area contributed by atoms with Gasteiger partial charge in [0, 0.05) is 10.9 Å². The van der Waals surface area contributed by atoms with Crippen LogP contribution in [0.5, 0.6) is 0 Å². The fraction of sp³-hybridized carbons (Fsp3) is 0.105. The van der Waals surface area contributed by atoms with Crippen molar-refractivity contribution in [1.29, 1.82) is 0 Å². The predicted molar refractivity (Wildman–Crippen MR) is 112 cm³/mol. The van der Waals surface area contributed by atoms with Crippen LogP contribution in [0.15, 0.2) is 60.9 Å². The maximum atomic E-state index is 13.4. The number of hydrogen-bond donors (Lipinski definition) is 2. The van der Waals surface area contributed by atoms with Crippen LogP contribution in [0.25, 0.3) is 22.0 Å². The molecule has 2 aromatic carbocycles. The Labute approximate surface area is 172 Å². The van der Waals surface area contributed by atoms with Gasteiger partial charge >= 0.3 is 6.18 Å². The largest absolute Gasteiger partial charge is 0.417 e. The molecule has 0 unspecified atom stereocenters. The van der Waals surface area contributed by atoms with Gasteiger partial charge in [-0.05, 0) is 22.4 Å². The molecule has 28 heavy (non-hydrogen) atoms. The smallest absolute Gasteiger partial charge is 0.309 e. The molecule has 0 bridgehead atoms. The van der Waals surface area contributed by atoms with Crippen molar-refractivity contribution in [1.82, 2.24) is 20.2 Å². The van der Waals surface area contributed by atoms with Crippen LogP contribution < -0.4 is 5.32 Å². The van der Waals surface area contributed by atoms with E-state index in [9.17, 15) is 13.2 Å². The van der Waals surface area contributed by atoms with E-state index in [2.05, 4.69) is 48.1 Å². The Kier molecular flexibility index (Phi) is 6.12. The zero-order valence-electron chi connectivity index (χ0n) is 14.6. The molecule has 0 aliphatic rings. The number of hydrogen-bond acceptors (Lipinski definition) is 4. The third-order valence-electron chi connectivity index (χ3n) is 3.90. The molecule has 0 saturated heterocycles. The van der Waals surface area contributed by atoms with Crippen molar-refractivity contribution in [2.24, 2.45) is 0 Å². The van der Waals surface area contributed by atoms with Gasteiger partial charge in [-0.15, -0.1) is 0 Å². The molecule has 144 valence electrons. The maximum absolute atomic E-state index is 13.4. The highest BCUT2D eigenvalue weighted by Crippen LogP contribution is 2.38. The van der Waals surface area contributed by atoms with E-state index < -0.39 is 11.7 Å². The molecule has 0 atom stereocenters. The number of alkyl halides is 4. The van der Waals surface area contributed by atoms with Crippen LogP contribution in [0.4, 0.5) is 24.9 Å². The normalized spacial score (nSPS) is 11.0. The lowest BCUT2D eigenvalue weighted by molar-refractivity contribution is -0.137. The van der Waals surface area contributed by atoms with Crippen molar-refractivity contribution in [3.63, 3.8) is 0 Å². The van der Waals surface area contributed by atoms with E-state index in [1.165, 1.54) is 18.5 Å². The molecule has 9 heteroatoms. The first-order chi connectivity index (χ1) is 13.5. The topological polar surface area (TPSA) is 66.5 Å². The first-order valence-corrected chi connectivity index (χ1v) is 10.2. The fourth-order valence-electron chi connectivity index (χ4n) is 2.76. The third kappa shape index (κ3) is 4.24. The maximum Gasteiger partial charge on any atom is 0.417 e. The number of halogens is 4. The first kappa shape index (κ1) is 20.1. The van der Waals surface area contributed by atoms with Gasteiger partial charge < -0.3 is 5.32 Å². The SMILES string of the molecule is CI.FC(F)(F)c1ccccc1-c1cc2ccccc2c(Nc2ncn[nH]2)n1. The number of benzene rings is 2.